The molecule has 3 heteroatoms. The van der Waals surface area contributed by atoms with Crippen LogP contribution in [-0.2, 0) is 20.0 Å². The van der Waals surface area contributed by atoms with Crippen molar-refractivity contribution in [2.75, 3.05) is 13.6 Å². The van der Waals surface area contributed by atoms with E-state index in [9.17, 15) is 0 Å². The van der Waals surface area contributed by atoms with Gasteiger partial charge in [-0.2, -0.15) is 5.10 Å². The van der Waals surface area contributed by atoms with E-state index in [-0.39, 0.29) is 0 Å². The maximum atomic E-state index is 4.29. The summed E-state index contributed by atoms with van der Waals surface area (Å²) < 4.78 is 1.94. The van der Waals surface area contributed by atoms with E-state index in [0.717, 1.165) is 19.5 Å². The normalized spacial score (nSPS) is 11.2. The van der Waals surface area contributed by atoms with Crippen molar-refractivity contribution in [3.05, 3.63) is 53.3 Å². The molecule has 0 saturated heterocycles. The highest BCUT2D eigenvalue weighted by Gasteiger charge is 2.06. The van der Waals surface area contributed by atoms with Crippen LogP contribution in [0, 0.1) is 6.92 Å². The summed E-state index contributed by atoms with van der Waals surface area (Å²) in [4.78, 5) is 2.37. The Balaban J connectivity index is 1.76. The van der Waals surface area contributed by atoms with Crippen LogP contribution in [0.1, 0.15) is 23.2 Å². The minimum absolute atomic E-state index is 0.981. The predicted octanol–water partition coefficient (Wildman–Crippen LogP) is 2.79. The first-order valence-corrected chi connectivity index (χ1v) is 6.87. The molecule has 0 aliphatic carbocycles. The first-order chi connectivity index (χ1) is 9.16. The van der Waals surface area contributed by atoms with Gasteiger partial charge in [0.15, 0.2) is 0 Å². The van der Waals surface area contributed by atoms with Crippen LogP contribution in [0.5, 0.6) is 0 Å². The van der Waals surface area contributed by atoms with E-state index in [1.165, 1.54) is 23.2 Å². The second-order valence-electron chi connectivity index (χ2n) is 5.21. The molecule has 0 atom stereocenters. The van der Waals surface area contributed by atoms with Crippen molar-refractivity contribution in [1.29, 1.82) is 0 Å². The smallest absolute Gasteiger partial charge is 0.0537 e. The third-order valence-electron chi connectivity index (χ3n) is 3.63. The Kier molecular flexibility index (Phi) is 4.74. The van der Waals surface area contributed by atoms with E-state index in [1.54, 1.807) is 0 Å². The highest BCUT2D eigenvalue weighted by molar-refractivity contribution is 5.16. The first-order valence-electron chi connectivity index (χ1n) is 6.87. The summed E-state index contributed by atoms with van der Waals surface area (Å²) >= 11 is 0. The second kappa shape index (κ2) is 6.53. The molecule has 0 bridgehead atoms. The lowest BCUT2D eigenvalue weighted by atomic mass is 10.1. The van der Waals surface area contributed by atoms with Crippen molar-refractivity contribution in [3.63, 3.8) is 0 Å². The Morgan fingerprint density at radius 3 is 2.58 bits per heavy atom. The molecule has 0 radical (unpaired) electrons. The quantitative estimate of drug-likeness (QED) is 0.793. The summed E-state index contributed by atoms with van der Waals surface area (Å²) in [6, 6.07) is 10.7. The monoisotopic (exact) mass is 257 g/mol. The van der Waals surface area contributed by atoms with Gasteiger partial charge >= 0.3 is 0 Å². The first kappa shape index (κ1) is 13.8. The van der Waals surface area contributed by atoms with Gasteiger partial charge in [-0.05, 0) is 38.9 Å². The standard InChI is InChI=1S/C16H23N3/c1-14-16(12-17-19(14)3)13-18(2)11-7-10-15-8-5-4-6-9-15/h4-6,8-9,12H,7,10-11,13H2,1-3H3. The minimum atomic E-state index is 0.981. The maximum absolute atomic E-state index is 4.29. The summed E-state index contributed by atoms with van der Waals surface area (Å²) in [6.07, 6.45) is 4.32. The molecule has 0 spiro atoms. The molecule has 102 valence electrons. The summed E-state index contributed by atoms with van der Waals surface area (Å²) in [5, 5.41) is 4.29. The number of aryl methyl sites for hydroxylation is 2. The molecule has 0 amide bonds. The molecule has 1 heterocycles. The number of benzene rings is 1. The van der Waals surface area contributed by atoms with Gasteiger partial charge in [-0.25, -0.2) is 0 Å². The van der Waals surface area contributed by atoms with Gasteiger partial charge in [0.2, 0.25) is 0 Å². The van der Waals surface area contributed by atoms with Gasteiger partial charge in [0, 0.05) is 24.8 Å². The highest BCUT2D eigenvalue weighted by Crippen LogP contribution is 2.09. The topological polar surface area (TPSA) is 21.1 Å². The Morgan fingerprint density at radius 2 is 1.95 bits per heavy atom. The van der Waals surface area contributed by atoms with Crippen LogP contribution in [0.25, 0.3) is 0 Å². The molecule has 0 saturated carbocycles. The summed E-state index contributed by atoms with van der Waals surface area (Å²) in [5.41, 5.74) is 4.01. The molecule has 3 nitrogen and oxygen atoms in total. The zero-order valence-corrected chi connectivity index (χ0v) is 12.1. The van der Waals surface area contributed by atoms with Crippen LogP contribution < -0.4 is 0 Å². The van der Waals surface area contributed by atoms with Gasteiger partial charge in [0.25, 0.3) is 0 Å². The van der Waals surface area contributed by atoms with Crippen LogP contribution in [0.15, 0.2) is 36.5 Å². The van der Waals surface area contributed by atoms with Gasteiger partial charge < -0.3 is 4.90 Å². The third-order valence-corrected chi connectivity index (χ3v) is 3.63. The van der Waals surface area contributed by atoms with E-state index in [1.807, 2.05) is 17.9 Å². The van der Waals surface area contributed by atoms with E-state index < -0.39 is 0 Å². The molecule has 19 heavy (non-hydrogen) atoms. The fourth-order valence-electron chi connectivity index (χ4n) is 2.27. The molecule has 2 rings (SSSR count). The van der Waals surface area contributed by atoms with E-state index in [0.29, 0.717) is 0 Å². The zero-order valence-electron chi connectivity index (χ0n) is 12.1. The lowest BCUT2D eigenvalue weighted by Crippen LogP contribution is -2.20. The van der Waals surface area contributed by atoms with Crippen LogP contribution in [-0.4, -0.2) is 28.3 Å². The maximum Gasteiger partial charge on any atom is 0.0537 e. The fourth-order valence-corrected chi connectivity index (χ4v) is 2.27. The van der Waals surface area contributed by atoms with Crippen molar-refractivity contribution in [2.24, 2.45) is 7.05 Å². The number of hydrogen-bond donors (Lipinski definition) is 0. The fraction of sp³-hybridized carbons (Fsp3) is 0.438. The molecule has 0 aliphatic rings. The molecule has 0 fully saturated rings. The Labute approximate surface area is 115 Å². The largest absolute Gasteiger partial charge is 0.302 e. The van der Waals surface area contributed by atoms with Crippen molar-refractivity contribution < 1.29 is 0 Å². The Hall–Kier alpha value is -1.61. The number of aromatic nitrogens is 2. The van der Waals surface area contributed by atoms with Crippen LogP contribution in [0.3, 0.4) is 0 Å². The van der Waals surface area contributed by atoms with Crippen molar-refractivity contribution in [1.82, 2.24) is 14.7 Å². The average Bonchev–Trinajstić information content (AvgIpc) is 2.72. The molecule has 0 unspecified atom stereocenters. The van der Waals surface area contributed by atoms with Crippen LogP contribution >= 0.6 is 0 Å². The Morgan fingerprint density at radius 1 is 1.21 bits per heavy atom. The number of hydrogen-bond acceptors (Lipinski definition) is 2. The molecule has 0 aliphatic heterocycles. The van der Waals surface area contributed by atoms with Gasteiger partial charge in [-0.1, -0.05) is 30.3 Å². The van der Waals surface area contributed by atoms with Gasteiger partial charge in [-0.3, -0.25) is 4.68 Å². The van der Waals surface area contributed by atoms with Gasteiger partial charge in [0.05, 0.1) is 6.20 Å². The zero-order chi connectivity index (χ0) is 13.7. The van der Waals surface area contributed by atoms with Crippen LogP contribution in [0.4, 0.5) is 0 Å². The van der Waals surface area contributed by atoms with Crippen molar-refractivity contribution in [2.45, 2.75) is 26.3 Å². The van der Waals surface area contributed by atoms with Crippen LogP contribution in [0.2, 0.25) is 0 Å². The second-order valence-corrected chi connectivity index (χ2v) is 5.21. The lowest BCUT2D eigenvalue weighted by molar-refractivity contribution is 0.321. The molecule has 0 N–H and O–H groups in total. The average molecular weight is 257 g/mol. The Bertz CT molecular complexity index is 502. The van der Waals surface area contributed by atoms with Gasteiger partial charge in [-0.15, -0.1) is 0 Å². The highest BCUT2D eigenvalue weighted by atomic mass is 15.3. The third kappa shape index (κ3) is 3.93. The van der Waals surface area contributed by atoms with Crippen molar-refractivity contribution in [3.8, 4) is 0 Å². The number of nitrogens with zero attached hydrogens (tertiary/aromatic N) is 3. The molecular weight excluding hydrogens is 234 g/mol. The summed E-state index contributed by atoms with van der Waals surface area (Å²) in [6.45, 7) is 4.22. The predicted molar refractivity (Wildman–Crippen MR) is 79.0 cm³/mol. The molecule has 1 aromatic carbocycles. The lowest BCUT2D eigenvalue weighted by Gasteiger charge is -2.16. The molecular formula is C16H23N3. The summed E-state index contributed by atoms with van der Waals surface area (Å²) in [7, 11) is 4.17. The van der Waals surface area contributed by atoms with E-state index in [4.69, 9.17) is 0 Å². The minimum Gasteiger partial charge on any atom is -0.302 e. The molecule has 2 aromatic rings. The van der Waals surface area contributed by atoms with Gasteiger partial charge in [0.1, 0.15) is 0 Å². The number of rotatable bonds is 6. The SMILES string of the molecule is Cc1c(CN(C)CCCc2ccccc2)cnn1C. The summed E-state index contributed by atoms with van der Waals surface area (Å²) in [5.74, 6) is 0. The molecule has 1 aromatic heterocycles. The van der Waals surface area contributed by atoms with Crippen molar-refractivity contribution >= 4 is 0 Å². The van der Waals surface area contributed by atoms with E-state index >= 15 is 0 Å². The van der Waals surface area contributed by atoms with E-state index in [2.05, 4.69) is 54.3 Å².